The maximum absolute atomic E-state index is 5.98. The Bertz CT molecular complexity index is 787. The van der Waals surface area contributed by atoms with Crippen molar-refractivity contribution in [3.63, 3.8) is 0 Å². The van der Waals surface area contributed by atoms with Crippen LogP contribution in [0.4, 0.5) is 5.69 Å². The fourth-order valence-electron chi connectivity index (χ4n) is 2.64. The molecular weight excluding hydrogens is 304 g/mol. The van der Waals surface area contributed by atoms with Crippen LogP contribution in [-0.4, -0.2) is 29.1 Å². The molecule has 0 amide bonds. The average molecular weight is 324 g/mol. The molecule has 0 saturated carbocycles. The number of imidazole rings is 1. The van der Waals surface area contributed by atoms with Gasteiger partial charge in [0.1, 0.15) is 5.82 Å². The Hall–Kier alpha value is -2.40. The number of H-pyrrole nitrogens is 1. The zero-order chi connectivity index (χ0) is 16.4. The lowest BCUT2D eigenvalue weighted by Gasteiger charge is -2.15. The van der Waals surface area contributed by atoms with Gasteiger partial charge in [0.05, 0.1) is 21.9 Å². The fraction of sp³-hybridized carbons (Fsp3) is 0.222. The van der Waals surface area contributed by atoms with Gasteiger partial charge in [0, 0.05) is 19.8 Å². The Kier molecular flexibility index (Phi) is 4.30. The number of rotatable bonds is 5. The average Bonchev–Trinajstić information content (AvgIpc) is 2.96. The largest absolute Gasteiger partial charge is 0.393 e. The molecule has 23 heavy (non-hydrogen) atoms. The van der Waals surface area contributed by atoms with E-state index in [0.717, 1.165) is 23.3 Å². The summed E-state index contributed by atoms with van der Waals surface area (Å²) in [6.07, 6.45) is 0.739. The smallest absolute Gasteiger partial charge is 0.117 e. The molecule has 0 spiro atoms. The monoisotopic (exact) mass is 324 g/mol. The standard InChI is InChI=1S/C18H20N4S/c1-22(2)13-9-7-12(8-10-13)11-14(17(19)23)18-20-15-5-3-4-6-16(15)21-18/h3-10,14H,11H2,1-2H3,(H2,19,23)(H,20,21)/t14-/m0/s1. The molecule has 1 atom stereocenters. The van der Waals surface area contributed by atoms with Crippen LogP contribution in [0.15, 0.2) is 48.5 Å². The lowest BCUT2D eigenvalue weighted by atomic mass is 9.98. The molecule has 3 aromatic rings. The van der Waals surface area contributed by atoms with E-state index in [1.54, 1.807) is 0 Å². The van der Waals surface area contributed by atoms with Crippen molar-refractivity contribution in [1.29, 1.82) is 0 Å². The number of aromatic nitrogens is 2. The van der Waals surface area contributed by atoms with Crippen LogP contribution in [0.2, 0.25) is 0 Å². The molecule has 0 unspecified atom stereocenters. The fourth-order valence-corrected chi connectivity index (χ4v) is 2.83. The summed E-state index contributed by atoms with van der Waals surface area (Å²) in [6, 6.07) is 16.4. The highest BCUT2D eigenvalue weighted by atomic mass is 32.1. The second kappa shape index (κ2) is 6.38. The van der Waals surface area contributed by atoms with E-state index in [1.165, 1.54) is 11.3 Å². The van der Waals surface area contributed by atoms with Crippen molar-refractivity contribution in [2.24, 2.45) is 5.73 Å². The third kappa shape index (κ3) is 3.35. The van der Waals surface area contributed by atoms with Gasteiger partial charge in [-0.15, -0.1) is 0 Å². The predicted octanol–water partition coefficient (Wildman–Crippen LogP) is 3.24. The molecule has 0 aliphatic carbocycles. The Morgan fingerprint density at radius 1 is 1.17 bits per heavy atom. The van der Waals surface area contributed by atoms with E-state index in [4.69, 9.17) is 18.0 Å². The predicted molar refractivity (Wildman–Crippen MR) is 100 cm³/mol. The van der Waals surface area contributed by atoms with Crippen molar-refractivity contribution in [2.75, 3.05) is 19.0 Å². The number of nitrogens with two attached hydrogens (primary N) is 1. The summed E-state index contributed by atoms with van der Waals surface area (Å²) in [7, 11) is 4.06. The highest BCUT2D eigenvalue weighted by Crippen LogP contribution is 2.23. The van der Waals surface area contributed by atoms with E-state index in [2.05, 4.69) is 39.1 Å². The van der Waals surface area contributed by atoms with Gasteiger partial charge in [0.15, 0.2) is 0 Å². The Morgan fingerprint density at radius 2 is 1.87 bits per heavy atom. The molecule has 4 nitrogen and oxygen atoms in total. The van der Waals surface area contributed by atoms with Gasteiger partial charge >= 0.3 is 0 Å². The Balaban J connectivity index is 1.88. The van der Waals surface area contributed by atoms with Crippen LogP contribution in [-0.2, 0) is 6.42 Å². The molecule has 1 heterocycles. The maximum atomic E-state index is 5.98. The van der Waals surface area contributed by atoms with E-state index in [9.17, 15) is 0 Å². The first kappa shape index (κ1) is 15.5. The molecule has 1 aromatic heterocycles. The number of thiocarbonyl (C=S) groups is 1. The molecule has 0 bridgehead atoms. The third-order valence-corrected chi connectivity index (χ3v) is 4.26. The molecule has 3 rings (SSSR count). The topological polar surface area (TPSA) is 57.9 Å². The molecule has 0 aliphatic heterocycles. The van der Waals surface area contributed by atoms with Gasteiger partial charge in [0.25, 0.3) is 0 Å². The molecule has 118 valence electrons. The lowest BCUT2D eigenvalue weighted by Crippen LogP contribution is -2.22. The van der Waals surface area contributed by atoms with Crippen molar-refractivity contribution in [2.45, 2.75) is 12.3 Å². The van der Waals surface area contributed by atoms with Crippen LogP contribution >= 0.6 is 12.2 Å². The van der Waals surface area contributed by atoms with Crippen molar-refractivity contribution in [1.82, 2.24) is 9.97 Å². The first-order valence-electron chi connectivity index (χ1n) is 7.55. The molecule has 0 aliphatic rings. The Labute approximate surface area is 141 Å². The van der Waals surface area contributed by atoms with E-state index in [-0.39, 0.29) is 5.92 Å². The van der Waals surface area contributed by atoms with Gasteiger partial charge in [-0.3, -0.25) is 0 Å². The molecule has 2 aromatic carbocycles. The minimum Gasteiger partial charge on any atom is -0.393 e. The summed E-state index contributed by atoms with van der Waals surface area (Å²) in [5, 5.41) is 0. The molecule has 0 fully saturated rings. The van der Waals surface area contributed by atoms with Crippen LogP contribution in [0, 0.1) is 0 Å². The van der Waals surface area contributed by atoms with E-state index in [0.29, 0.717) is 4.99 Å². The first-order valence-corrected chi connectivity index (χ1v) is 7.95. The van der Waals surface area contributed by atoms with Crippen LogP contribution in [0.5, 0.6) is 0 Å². The number of hydrogen-bond acceptors (Lipinski definition) is 3. The van der Waals surface area contributed by atoms with Gasteiger partial charge in [0.2, 0.25) is 0 Å². The summed E-state index contributed by atoms with van der Waals surface area (Å²) < 4.78 is 0. The number of nitrogens with one attached hydrogen (secondary N) is 1. The summed E-state index contributed by atoms with van der Waals surface area (Å²) >= 11 is 5.28. The van der Waals surface area contributed by atoms with E-state index >= 15 is 0 Å². The van der Waals surface area contributed by atoms with Crippen molar-refractivity contribution >= 4 is 33.9 Å². The first-order chi connectivity index (χ1) is 11.0. The Morgan fingerprint density at radius 3 is 2.48 bits per heavy atom. The minimum absolute atomic E-state index is 0.0948. The highest BCUT2D eigenvalue weighted by molar-refractivity contribution is 7.80. The number of fused-ring (bicyclic) bond motifs is 1. The molecule has 0 radical (unpaired) electrons. The summed E-state index contributed by atoms with van der Waals surface area (Å²) in [5.74, 6) is 0.734. The number of para-hydroxylation sites is 2. The van der Waals surface area contributed by atoms with Crippen LogP contribution in [0.25, 0.3) is 11.0 Å². The number of nitrogens with zero attached hydrogens (tertiary/aromatic N) is 2. The van der Waals surface area contributed by atoms with Crippen molar-refractivity contribution in [3.05, 3.63) is 59.9 Å². The molecular formula is C18H20N4S. The highest BCUT2D eigenvalue weighted by Gasteiger charge is 2.19. The van der Waals surface area contributed by atoms with Crippen molar-refractivity contribution < 1.29 is 0 Å². The zero-order valence-electron chi connectivity index (χ0n) is 13.3. The quantitative estimate of drug-likeness (QED) is 0.707. The van der Waals surface area contributed by atoms with Crippen LogP contribution in [0.1, 0.15) is 17.3 Å². The number of aromatic amines is 1. The summed E-state index contributed by atoms with van der Waals surface area (Å²) in [4.78, 5) is 10.5. The van der Waals surface area contributed by atoms with Gasteiger partial charge < -0.3 is 15.6 Å². The van der Waals surface area contributed by atoms with Crippen molar-refractivity contribution in [3.8, 4) is 0 Å². The van der Waals surface area contributed by atoms with Gasteiger partial charge in [-0.2, -0.15) is 0 Å². The lowest BCUT2D eigenvalue weighted by molar-refractivity contribution is 0.821. The number of benzene rings is 2. The van der Waals surface area contributed by atoms with E-state index in [1.807, 2.05) is 38.4 Å². The molecule has 0 saturated heterocycles. The third-order valence-electron chi connectivity index (χ3n) is 3.97. The number of hydrogen-bond donors (Lipinski definition) is 2. The minimum atomic E-state index is -0.0948. The number of anilines is 1. The normalized spacial score (nSPS) is 12.3. The summed E-state index contributed by atoms with van der Waals surface area (Å²) in [6.45, 7) is 0. The van der Waals surface area contributed by atoms with E-state index < -0.39 is 0 Å². The summed E-state index contributed by atoms with van der Waals surface area (Å²) in [5.41, 5.74) is 10.3. The van der Waals surface area contributed by atoms with Crippen LogP contribution < -0.4 is 10.6 Å². The van der Waals surface area contributed by atoms with Gasteiger partial charge in [-0.1, -0.05) is 36.5 Å². The maximum Gasteiger partial charge on any atom is 0.117 e. The van der Waals surface area contributed by atoms with Crippen LogP contribution in [0.3, 0.4) is 0 Å². The van der Waals surface area contributed by atoms with Gasteiger partial charge in [-0.05, 0) is 36.2 Å². The second-order valence-electron chi connectivity index (χ2n) is 5.86. The molecule has 3 N–H and O–H groups in total. The molecule has 5 heteroatoms. The van der Waals surface area contributed by atoms with Gasteiger partial charge in [-0.25, -0.2) is 4.98 Å². The zero-order valence-corrected chi connectivity index (χ0v) is 14.1. The SMILES string of the molecule is CN(C)c1ccc(C[C@@H](C(N)=S)c2nc3ccccc3[nH]2)cc1. The second-order valence-corrected chi connectivity index (χ2v) is 6.33.